The van der Waals surface area contributed by atoms with Crippen LogP contribution in [0.2, 0.25) is 0 Å². The number of aromatic nitrogens is 2. The molecular formula is C16H17BrFN3O4S. The Labute approximate surface area is 158 Å². The number of ether oxygens (including phenoxy) is 1. The Bertz CT molecular complexity index is 945. The number of halogens is 2. The Balaban J connectivity index is 1.66. The van der Waals surface area contributed by atoms with E-state index in [0.29, 0.717) is 28.2 Å². The number of sulfone groups is 1. The number of carbonyl (C=O) groups is 1. The van der Waals surface area contributed by atoms with E-state index in [2.05, 4.69) is 26.3 Å². The molecule has 1 aliphatic rings. The molecule has 0 spiro atoms. The van der Waals surface area contributed by atoms with E-state index in [4.69, 9.17) is 4.74 Å². The highest BCUT2D eigenvalue weighted by Gasteiger charge is 2.31. The summed E-state index contributed by atoms with van der Waals surface area (Å²) in [6.07, 6.45) is 0.464. The summed E-state index contributed by atoms with van der Waals surface area (Å²) >= 11 is 3.17. The number of hydrogen-bond donors (Lipinski definition) is 1. The van der Waals surface area contributed by atoms with Gasteiger partial charge in [-0.05, 0) is 47.5 Å². The summed E-state index contributed by atoms with van der Waals surface area (Å²) in [7, 11) is -3.07. The lowest BCUT2D eigenvalue weighted by Gasteiger charge is -2.14. The average molecular weight is 446 g/mol. The normalized spacial score (nSPS) is 18.7. The zero-order valence-corrected chi connectivity index (χ0v) is 16.3. The SMILES string of the molecule is Cc1cc(NC(=O)COc2ccc(F)cc2Br)n([C@@H]2CCS(=O)(=O)C2)n1. The molecule has 0 radical (unpaired) electrons. The summed E-state index contributed by atoms with van der Waals surface area (Å²) in [6, 6.07) is 5.28. The van der Waals surface area contributed by atoms with Crippen LogP contribution < -0.4 is 10.1 Å². The molecule has 1 atom stereocenters. The maximum Gasteiger partial charge on any atom is 0.263 e. The molecule has 0 saturated carbocycles. The van der Waals surface area contributed by atoms with Crippen LogP contribution in [0.4, 0.5) is 10.2 Å². The van der Waals surface area contributed by atoms with E-state index in [1.807, 2.05) is 0 Å². The maximum absolute atomic E-state index is 13.1. The van der Waals surface area contributed by atoms with Crippen LogP contribution in [0, 0.1) is 12.7 Å². The summed E-state index contributed by atoms with van der Waals surface area (Å²) in [5.74, 6) is 0.0501. The molecule has 26 heavy (non-hydrogen) atoms. The third-order valence-corrected chi connectivity index (χ3v) is 6.30. The van der Waals surface area contributed by atoms with Crippen LogP contribution in [0.1, 0.15) is 18.2 Å². The van der Waals surface area contributed by atoms with Crippen molar-refractivity contribution in [2.24, 2.45) is 0 Å². The third-order valence-electron chi connectivity index (χ3n) is 3.93. The fraction of sp³-hybridized carbons (Fsp3) is 0.375. The van der Waals surface area contributed by atoms with Crippen molar-refractivity contribution in [3.8, 4) is 5.75 Å². The zero-order chi connectivity index (χ0) is 18.9. The third kappa shape index (κ3) is 4.42. The van der Waals surface area contributed by atoms with Gasteiger partial charge in [0.25, 0.3) is 5.91 Å². The summed E-state index contributed by atoms with van der Waals surface area (Å²) in [5, 5.41) is 6.99. The fourth-order valence-electron chi connectivity index (χ4n) is 2.77. The quantitative estimate of drug-likeness (QED) is 0.763. The van der Waals surface area contributed by atoms with Gasteiger partial charge in [-0.1, -0.05) is 0 Å². The van der Waals surface area contributed by atoms with Crippen molar-refractivity contribution in [1.29, 1.82) is 0 Å². The van der Waals surface area contributed by atoms with E-state index in [1.54, 1.807) is 17.7 Å². The molecule has 1 amide bonds. The van der Waals surface area contributed by atoms with Crippen LogP contribution in [-0.4, -0.2) is 42.2 Å². The van der Waals surface area contributed by atoms with Crippen molar-refractivity contribution in [2.75, 3.05) is 23.4 Å². The summed E-state index contributed by atoms with van der Waals surface area (Å²) in [4.78, 5) is 12.2. The molecule has 1 aliphatic heterocycles. The van der Waals surface area contributed by atoms with E-state index in [-0.39, 0.29) is 24.2 Å². The molecular weight excluding hydrogens is 429 g/mol. The molecule has 1 N–H and O–H groups in total. The number of aryl methyl sites for hydroxylation is 1. The predicted molar refractivity (Wildman–Crippen MR) is 97.5 cm³/mol. The van der Waals surface area contributed by atoms with Crippen LogP contribution in [0.3, 0.4) is 0 Å². The number of carbonyl (C=O) groups excluding carboxylic acids is 1. The van der Waals surface area contributed by atoms with Crippen LogP contribution in [0.25, 0.3) is 0 Å². The molecule has 1 aromatic carbocycles. The Hall–Kier alpha value is -1.94. The van der Waals surface area contributed by atoms with E-state index < -0.39 is 21.6 Å². The van der Waals surface area contributed by atoms with E-state index in [0.717, 1.165) is 0 Å². The van der Waals surface area contributed by atoms with Gasteiger partial charge in [-0.15, -0.1) is 0 Å². The van der Waals surface area contributed by atoms with Crippen LogP contribution in [0.15, 0.2) is 28.7 Å². The highest BCUT2D eigenvalue weighted by molar-refractivity contribution is 9.10. The first-order valence-corrected chi connectivity index (χ1v) is 10.5. The van der Waals surface area contributed by atoms with Gasteiger partial charge < -0.3 is 10.1 Å². The van der Waals surface area contributed by atoms with Crippen LogP contribution in [0.5, 0.6) is 5.75 Å². The molecule has 10 heteroatoms. The molecule has 1 aromatic heterocycles. The van der Waals surface area contributed by atoms with Crippen molar-refractivity contribution in [2.45, 2.75) is 19.4 Å². The topological polar surface area (TPSA) is 90.3 Å². The molecule has 0 aliphatic carbocycles. The number of rotatable bonds is 5. The molecule has 3 rings (SSSR count). The van der Waals surface area contributed by atoms with E-state index in [1.165, 1.54) is 18.2 Å². The zero-order valence-electron chi connectivity index (χ0n) is 13.9. The lowest BCUT2D eigenvalue weighted by molar-refractivity contribution is -0.118. The minimum atomic E-state index is -3.07. The second-order valence-electron chi connectivity index (χ2n) is 6.08. The number of nitrogens with one attached hydrogen (secondary N) is 1. The van der Waals surface area contributed by atoms with Gasteiger partial charge in [0.2, 0.25) is 0 Å². The Morgan fingerprint density at radius 1 is 1.46 bits per heavy atom. The molecule has 2 aromatic rings. The number of hydrogen-bond acceptors (Lipinski definition) is 5. The minimum Gasteiger partial charge on any atom is -0.483 e. The van der Waals surface area contributed by atoms with Gasteiger partial charge in [0.1, 0.15) is 17.4 Å². The molecule has 1 saturated heterocycles. The first-order chi connectivity index (χ1) is 12.2. The van der Waals surface area contributed by atoms with Gasteiger partial charge in [-0.3, -0.25) is 4.79 Å². The van der Waals surface area contributed by atoms with Gasteiger partial charge in [-0.25, -0.2) is 17.5 Å². The van der Waals surface area contributed by atoms with Crippen molar-refractivity contribution < 1.29 is 22.3 Å². The maximum atomic E-state index is 13.1. The molecule has 0 bridgehead atoms. The number of nitrogens with zero attached hydrogens (tertiary/aromatic N) is 2. The van der Waals surface area contributed by atoms with Crippen molar-refractivity contribution in [3.63, 3.8) is 0 Å². The Morgan fingerprint density at radius 2 is 2.23 bits per heavy atom. The Kier molecular flexibility index (Phi) is 5.33. The van der Waals surface area contributed by atoms with Crippen molar-refractivity contribution in [3.05, 3.63) is 40.2 Å². The summed E-state index contributed by atoms with van der Waals surface area (Å²) in [5.41, 5.74) is 0.673. The van der Waals surface area contributed by atoms with Gasteiger partial charge in [0, 0.05) is 6.07 Å². The predicted octanol–water partition coefficient (Wildman–Crippen LogP) is 2.47. The average Bonchev–Trinajstić information content (AvgIpc) is 3.08. The van der Waals surface area contributed by atoms with Gasteiger partial charge in [-0.2, -0.15) is 5.10 Å². The number of amides is 1. The van der Waals surface area contributed by atoms with Crippen LogP contribution >= 0.6 is 15.9 Å². The summed E-state index contributed by atoms with van der Waals surface area (Å²) in [6.45, 7) is 1.49. The standard InChI is InChI=1S/C16H17BrFN3O4S/c1-10-6-15(21(20-10)12-4-5-26(23,24)9-12)19-16(22)8-25-14-3-2-11(18)7-13(14)17/h2-3,6-7,12H,4-5,8-9H2,1H3,(H,19,22)/t12-/m1/s1. The number of benzene rings is 1. The van der Waals surface area contributed by atoms with E-state index >= 15 is 0 Å². The van der Waals surface area contributed by atoms with Gasteiger partial charge >= 0.3 is 0 Å². The smallest absolute Gasteiger partial charge is 0.263 e. The monoisotopic (exact) mass is 445 g/mol. The lowest BCUT2D eigenvalue weighted by atomic mass is 10.3. The first-order valence-electron chi connectivity index (χ1n) is 7.88. The largest absolute Gasteiger partial charge is 0.483 e. The molecule has 7 nitrogen and oxygen atoms in total. The fourth-order valence-corrected chi connectivity index (χ4v) is 4.93. The summed E-state index contributed by atoms with van der Waals surface area (Å²) < 4.78 is 43.8. The number of anilines is 1. The van der Waals surface area contributed by atoms with Crippen molar-refractivity contribution in [1.82, 2.24) is 9.78 Å². The van der Waals surface area contributed by atoms with Gasteiger partial charge in [0.05, 0.1) is 27.7 Å². The lowest BCUT2D eigenvalue weighted by Crippen LogP contribution is -2.24. The highest BCUT2D eigenvalue weighted by Crippen LogP contribution is 2.28. The second-order valence-corrected chi connectivity index (χ2v) is 9.17. The highest BCUT2D eigenvalue weighted by atomic mass is 79.9. The molecule has 2 heterocycles. The molecule has 0 unspecified atom stereocenters. The minimum absolute atomic E-state index is 0.00994. The van der Waals surface area contributed by atoms with Gasteiger partial charge in [0.15, 0.2) is 16.4 Å². The molecule has 1 fully saturated rings. The van der Waals surface area contributed by atoms with E-state index in [9.17, 15) is 17.6 Å². The van der Waals surface area contributed by atoms with Crippen molar-refractivity contribution >= 4 is 37.5 Å². The Morgan fingerprint density at radius 3 is 2.88 bits per heavy atom. The second kappa shape index (κ2) is 7.36. The van der Waals surface area contributed by atoms with Crippen LogP contribution in [-0.2, 0) is 14.6 Å². The molecule has 140 valence electrons. The first kappa shape index (κ1) is 18.8.